The molecule has 1 heterocycles. The second-order valence-electron chi connectivity index (χ2n) is 8.88. The van der Waals surface area contributed by atoms with Crippen LogP contribution in [0.5, 0.6) is 0 Å². The highest BCUT2D eigenvalue weighted by molar-refractivity contribution is 5.94. The van der Waals surface area contributed by atoms with E-state index < -0.39 is 47.9 Å². The number of rotatable bonds is 12. The zero-order valence-electron chi connectivity index (χ0n) is 19.1. The van der Waals surface area contributed by atoms with Crippen molar-refractivity contribution in [3.63, 3.8) is 0 Å². The normalized spacial score (nSPS) is 19.2. The zero-order valence-corrected chi connectivity index (χ0v) is 19.1. The van der Waals surface area contributed by atoms with Crippen molar-refractivity contribution < 1.29 is 24.3 Å². The van der Waals surface area contributed by atoms with Crippen molar-refractivity contribution in [1.82, 2.24) is 15.5 Å². The summed E-state index contributed by atoms with van der Waals surface area (Å²) in [5.74, 6) is -2.87. The number of carboxylic acids is 1. The van der Waals surface area contributed by atoms with Crippen molar-refractivity contribution in [2.45, 2.75) is 84.0 Å². The molecule has 10 heteroatoms. The van der Waals surface area contributed by atoms with Crippen LogP contribution in [0, 0.1) is 11.8 Å². The summed E-state index contributed by atoms with van der Waals surface area (Å²) < 4.78 is 0. The van der Waals surface area contributed by atoms with Gasteiger partial charge in [-0.3, -0.25) is 14.4 Å². The van der Waals surface area contributed by atoms with Crippen LogP contribution in [0.25, 0.3) is 0 Å². The van der Waals surface area contributed by atoms with Crippen LogP contribution in [-0.4, -0.2) is 71.0 Å². The number of nitrogens with one attached hydrogen (secondary N) is 2. The average Bonchev–Trinajstić information content (AvgIpc) is 3.19. The number of nitrogens with zero attached hydrogens (tertiary/aromatic N) is 1. The third kappa shape index (κ3) is 7.77. The SMILES string of the molecule is CC(C)C(NC(=O)C(N)CCCCN)C(=O)NC(C(=O)N1CCCC1C(=O)O)C(C)C. The lowest BCUT2D eigenvalue weighted by molar-refractivity contribution is -0.150. The van der Waals surface area contributed by atoms with E-state index in [9.17, 15) is 24.3 Å². The van der Waals surface area contributed by atoms with Crippen molar-refractivity contribution in [3.05, 3.63) is 0 Å². The predicted molar refractivity (Wildman–Crippen MR) is 117 cm³/mol. The molecule has 1 aliphatic heterocycles. The number of carbonyl (C=O) groups excluding carboxylic acids is 3. The maximum absolute atomic E-state index is 13.0. The fourth-order valence-corrected chi connectivity index (χ4v) is 3.66. The number of carbonyl (C=O) groups is 4. The van der Waals surface area contributed by atoms with Gasteiger partial charge in [0, 0.05) is 6.54 Å². The Kier molecular flexibility index (Phi) is 10.9. The molecule has 1 aliphatic rings. The zero-order chi connectivity index (χ0) is 23.7. The van der Waals surface area contributed by atoms with Crippen molar-refractivity contribution in [2.75, 3.05) is 13.1 Å². The highest BCUT2D eigenvalue weighted by Gasteiger charge is 2.39. The molecule has 0 bridgehead atoms. The van der Waals surface area contributed by atoms with Gasteiger partial charge < -0.3 is 32.1 Å². The van der Waals surface area contributed by atoms with E-state index in [4.69, 9.17) is 11.5 Å². The van der Waals surface area contributed by atoms with Gasteiger partial charge in [-0.1, -0.05) is 34.1 Å². The molecule has 7 N–H and O–H groups in total. The molecule has 1 fully saturated rings. The minimum Gasteiger partial charge on any atom is -0.480 e. The molecule has 0 aliphatic carbocycles. The number of likely N-dealkylation sites (tertiary alicyclic amines) is 1. The number of carboxylic acid groups (broad SMARTS) is 1. The van der Waals surface area contributed by atoms with Crippen LogP contribution in [0.3, 0.4) is 0 Å². The summed E-state index contributed by atoms with van der Waals surface area (Å²) in [4.78, 5) is 51.3. The van der Waals surface area contributed by atoms with Gasteiger partial charge in [-0.2, -0.15) is 0 Å². The van der Waals surface area contributed by atoms with E-state index in [0.717, 1.165) is 6.42 Å². The van der Waals surface area contributed by atoms with E-state index in [1.807, 2.05) is 0 Å². The van der Waals surface area contributed by atoms with E-state index in [-0.39, 0.29) is 11.8 Å². The van der Waals surface area contributed by atoms with E-state index in [1.165, 1.54) is 4.90 Å². The molecular weight excluding hydrogens is 402 g/mol. The molecule has 178 valence electrons. The van der Waals surface area contributed by atoms with Gasteiger partial charge in [0.2, 0.25) is 17.7 Å². The van der Waals surface area contributed by atoms with E-state index in [0.29, 0.717) is 38.8 Å². The number of amides is 3. The third-order valence-corrected chi connectivity index (χ3v) is 5.60. The molecule has 3 amide bonds. The molecule has 4 atom stereocenters. The Morgan fingerprint density at radius 2 is 1.58 bits per heavy atom. The second kappa shape index (κ2) is 12.6. The number of aliphatic carboxylic acids is 1. The summed E-state index contributed by atoms with van der Waals surface area (Å²) >= 11 is 0. The Morgan fingerprint density at radius 1 is 1.00 bits per heavy atom. The first kappa shape index (κ1) is 26.8. The monoisotopic (exact) mass is 441 g/mol. The quantitative estimate of drug-likeness (QED) is 0.261. The average molecular weight is 442 g/mol. The molecular formula is C21H39N5O5. The van der Waals surface area contributed by atoms with Crippen LogP contribution in [0.2, 0.25) is 0 Å². The fraction of sp³-hybridized carbons (Fsp3) is 0.810. The maximum Gasteiger partial charge on any atom is 0.326 e. The van der Waals surface area contributed by atoms with Crippen molar-refractivity contribution >= 4 is 23.7 Å². The molecule has 0 aromatic heterocycles. The topological polar surface area (TPSA) is 168 Å². The minimum absolute atomic E-state index is 0.235. The molecule has 0 spiro atoms. The predicted octanol–water partition coefficient (Wildman–Crippen LogP) is -0.200. The second-order valence-corrected chi connectivity index (χ2v) is 8.88. The highest BCUT2D eigenvalue weighted by atomic mass is 16.4. The number of hydrogen-bond acceptors (Lipinski definition) is 6. The molecule has 4 unspecified atom stereocenters. The highest BCUT2D eigenvalue weighted by Crippen LogP contribution is 2.20. The van der Waals surface area contributed by atoms with Gasteiger partial charge >= 0.3 is 5.97 Å². The smallest absolute Gasteiger partial charge is 0.326 e. The van der Waals surface area contributed by atoms with Crippen LogP contribution >= 0.6 is 0 Å². The molecule has 31 heavy (non-hydrogen) atoms. The first-order chi connectivity index (χ1) is 14.5. The lowest BCUT2D eigenvalue weighted by Gasteiger charge is -2.31. The van der Waals surface area contributed by atoms with Gasteiger partial charge in [0.05, 0.1) is 6.04 Å². The van der Waals surface area contributed by atoms with Crippen LogP contribution in [-0.2, 0) is 19.2 Å². The van der Waals surface area contributed by atoms with E-state index >= 15 is 0 Å². The van der Waals surface area contributed by atoms with Crippen LogP contribution < -0.4 is 22.1 Å². The molecule has 10 nitrogen and oxygen atoms in total. The molecule has 0 saturated carbocycles. The number of nitrogens with two attached hydrogens (primary N) is 2. The Morgan fingerprint density at radius 3 is 2.10 bits per heavy atom. The van der Waals surface area contributed by atoms with Gasteiger partial charge in [0.25, 0.3) is 0 Å². The van der Waals surface area contributed by atoms with Gasteiger partial charge in [-0.05, 0) is 44.1 Å². The van der Waals surface area contributed by atoms with Crippen LogP contribution in [0.15, 0.2) is 0 Å². The molecule has 1 saturated heterocycles. The van der Waals surface area contributed by atoms with E-state index in [1.54, 1.807) is 27.7 Å². The van der Waals surface area contributed by atoms with Gasteiger partial charge in [0.15, 0.2) is 0 Å². The van der Waals surface area contributed by atoms with Crippen LogP contribution in [0.4, 0.5) is 0 Å². The van der Waals surface area contributed by atoms with Crippen molar-refractivity contribution in [2.24, 2.45) is 23.3 Å². The number of unbranched alkanes of at least 4 members (excludes halogenated alkanes) is 1. The summed E-state index contributed by atoms with van der Waals surface area (Å²) in [6, 6.07) is -3.37. The Hall–Kier alpha value is -2.20. The summed E-state index contributed by atoms with van der Waals surface area (Å²) in [7, 11) is 0. The molecule has 0 radical (unpaired) electrons. The largest absolute Gasteiger partial charge is 0.480 e. The standard InChI is InChI=1S/C21H39N5O5/c1-12(2)16(24-18(27)14(23)8-5-6-10-22)19(28)25-17(13(3)4)20(29)26-11-7-9-15(26)21(30)31/h12-17H,5-11,22-23H2,1-4H3,(H,24,27)(H,25,28)(H,30,31). The maximum atomic E-state index is 13.0. The molecule has 0 aromatic carbocycles. The third-order valence-electron chi connectivity index (χ3n) is 5.60. The molecule has 0 aromatic rings. The van der Waals surface area contributed by atoms with Crippen LogP contribution in [0.1, 0.15) is 59.8 Å². The van der Waals surface area contributed by atoms with Crippen molar-refractivity contribution in [1.29, 1.82) is 0 Å². The minimum atomic E-state index is -1.05. The first-order valence-corrected chi connectivity index (χ1v) is 11.1. The number of hydrogen-bond donors (Lipinski definition) is 5. The summed E-state index contributed by atoms with van der Waals surface area (Å²) in [6.07, 6.45) is 2.95. The van der Waals surface area contributed by atoms with Crippen molar-refractivity contribution in [3.8, 4) is 0 Å². The lowest BCUT2D eigenvalue weighted by atomic mass is 9.98. The van der Waals surface area contributed by atoms with Gasteiger partial charge in [0.1, 0.15) is 18.1 Å². The summed E-state index contributed by atoms with van der Waals surface area (Å²) in [5, 5.41) is 14.8. The lowest BCUT2D eigenvalue weighted by Crippen LogP contribution is -2.59. The van der Waals surface area contributed by atoms with Gasteiger partial charge in [-0.25, -0.2) is 4.79 Å². The van der Waals surface area contributed by atoms with Gasteiger partial charge in [-0.15, -0.1) is 0 Å². The summed E-state index contributed by atoms with van der Waals surface area (Å²) in [5.41, 5.74) is 11.4. The summed E-state index contributed by atoms with van der Waals surface area (Å²) in [6.45, 7) is 8.01. The Balaban J connectivity index is 2.86. The first-order valence-electron chi connectivity index (χ1n) is 11.1. The molecule has 1 rings (SSSR count). The fourth-order valence-electron chi connectivity index (χ4n) is 3.66. The Labute approximate surface area is 184 Å². The van der Waals surface area contributed by atoms with E-state index in [2.05, 4.69) is 10.6 Å². The Bertz CT molecular complexity index is 640.